The van der Waals surface area contributed by atoms with Crippen LogP contribution in [-0.2, 0) is 0 Å². The van der Waals surface area contributed by atoms with Gasteiger partial charge in [0.05, 0.1) is 6.20 Å². The number of rotatable bonds is 2. The highest BCUT2D eigenvalue weighted by atomic mass is 32.1. The maximum absolute atomic E-state index is 5.55. The van der Waals surface area contributed by atoms with Crippen LogP contribution in [0, 0.1) is 6.92 Å². The summed E-state index contributed by atoms with van der Waals surface area (Å²) >= 11 is 4.89. The van der Waals surface area contributed by atoms with Gasteiger partial charge in [-0.3, -0.25) is 0 Å². The molecule has 6 heteroatoms. The van der Waals surface area contributed by atoms with E-state index in [1.807, 2.05) is 13.1 Å². The molecule has 2 N–H and O–H groups in total. The molecular formula is C9H9N5S. The van der Waals surface area contributed by atoms with Crippen molar-refractivity contribution in [3.8, 4) is 5.82 Å². The fraction of sp³-hybridized carbons (Fsp3) is 0.111. The fourth-order valence-corrected chi connectivity index (χ4v) is 1.34. The minimum absolute atomic E-state index is 0.214. The van der Waals surface area contributed by atoms with E-state index in [1.165, 1.54) is 0 Å². The molecule has 0 bridgehead atoms. The van der Waals surface area contributed by atoms with E-state index < -0.39 is 0 Å². The molecule has 0 aromatic carbocycles. The zero-order valence-corrected chi connectivity index (χ0v) is 8.90. The van der Waals surface area contributed by atoms with Gasteiger partial charge >= 0.3 is 0 Å². The first kappa shape index (κ1) is 9.72. The number of thiocarbonyl (C=S) groups is 1. The van der Waals surface area contributed by atoms with Crippen LogP contribution < -0.4 is 5.73 Å². The molecule has 0 unspecified atom stereocenters. The van der Waals surface area contributed by atoms with Crippen molar-refractivity contribution in [2.45, 2.75) is 6.92 Å². The van der Waals surface area contributed by atoms with Crippen molar-refractivity contribution >= 4 is 17.2 Å². The normalized spacial score (nSPS) is 10.2. The molecule has 2 aromatic heterocycles. The Morgan fingerprint density at radius 2 is 2.13 bits per heavy atom. The quantitative estimate of drug-likeness (QED) is 0.749. The second-order valence-corrected chi connectivity index (χ2v) is 3.49. The van der Waals surface area contributed by atoms with E-state index >= 15 is 0 Å². The average molecular weight is 219 g/mol. The highest BCUT2D eigenvalue weighted by molar-refractivity contribution is 7.80. The number of aromatic nitrogens is 4. The molecule has 0 aliphatic carbocycles. The molecule has 0 atom stereocenters. The van der Waals surface area contributed by atoms with Gasteiger partial charge in [0.1, 0.15) is 10.7 Å². The van der Waals surface area contributed by atoms with Crippen LogP contribution in [0.4, 0.5) is 0 Å². The summed E-state index contributed by atoms with van der Waals surface area (Å²) < 4.78 is 1.61. The topological polar surface area (TPSA) is 69.6 Å². The van der Waals surface area contributed by atoms with Crippen LogP contribution in [-0.4, -0.2) is 24.7 Å². The van der Waals surface area contributed by atoms with E-state index in [1.54, 1.807) is 23.3 Å². The average Bonchev–Trinajstić information content (AvgIpc) is 2.65. The zero-order valence-electron chi connectivity index (χ0n) is 8.08. The Balaban J connectivity index is 2.57. The summed E-state index contributed by atoms with van der Waals surface area (Å²) in [6.07, 6.45) is 6.70. The molecule has 2 heterocycles. The smallest absolute Gasteiger partial charge is 0.182 e. The molecule has 2 rings (SSSR count). The lowest BCUT2D eigenvalue weighted by atomic mass is 10.4. The van der Waals surface area contributed by atoms with Gasteiger partial charge in [-0.25, -0.2) is 14.6 Å². The molecule has 0 radical (unpaired) electrons. The predicted octanol–water partition coefficient (Wildman–Crippen LogP) is 0.605. The minimum Gasteiger partial charge on any atom is -0.388 e. The number of nitrogens with zero attached hydrogens (tertiary/aromatic N) is 4. The SMILES string of the molecule is Cc1cnn(-c2nccnc2C(N)=S)c1. The van der Waals surface area contributed by atoms with Crippen molar-refractivity contribution in [3.05, 3.63) is 36.0 Å². The summed E-state index contributed by atoms with van der Waals surface area (Å²) in [6, 6.07) is 0. The van der Waals surface area contributed by atoms with Crippen LogP contribution in [0.1, 0.15) is 11.3 Å². The van der Waals surface area contributed by atoms with E-state index in [2.05, 4.69) is 15.1 Å². The van der Waals surface area contributed by atoms with Crippen molar-refractivity contribution in [2.75, 3.05) is 0 Å². The van der Waals surface area contributed by atoms with Crippen LogP contribution >= 0.6 is 12.2 Å². The Morgan fingerprint density at radius 1 is 1.40 bits per heavy atom. The van der Waals surface area contributed by atoms with Gasteiger partial charge in [0, 0.05) is 18.6 Å². The Bertz CT molecular complexity index is 505. The van der Waals surface area contributed by atoms with E-state index in [0.717, 1.165) is 5.56 Å². The van der Waals surface area contributed by atoms with Gasteiger partial charge in [-0.2, -0.15) is 5.10 Å². The number of nitrogens with two attached hydrogens (primary N) is 1. The first-order chi connectivity index (χ1) is 7.18. The van der Waals surface area contributed by atoms with Crippen molar-refractivity contribution < 1.29 is 0 Å². The fourth-order valence-electron chi connectivity index (χ4n) is 1.20. The first-order valence-corrected chi connectivity index (χ1v) is 4.72. The van der Waals surface area contributed by atoms with Crippen molar-refractivity contribution in [1.29, 1.82) is 0 Å². The van der Waals surface area contributed by atoms with E-state index in [4.69, 9.17) is 18.0 Å². The molecule has 0 saturated carbocycles. The van der Waals surface area contributed by atoms with Crippen LogP contribution in [0.3, 0.4) is 0 Å². The highest BCUT2D eigenvalue weighted by Crippen LogP contribution is 2.08. The van der Waals surface area contributed by atoms with Gasteiger partial charge in [-0.15, -0.1) is 0 Å². The molecular weight excluding hydrogens is 210 g/mol. The Labute approximate surface area is 92.0 Å². The Kier molecular flexibility index (Phi) is 2.42. The second-order valence-electron chi connectivity index (χ2n) is 3.06. The molecule has 0 spiro atoms. The monoisotopic (exact) mass is 219 g/mol. The lowest BCUT2D eigenvalue weighted by molar-refractivity contribution is 0.834. The van der Waals surface area contributed by atoms with Crippen LogP contribution in [0.15, 0.2) is 24.8 Å². The van der Waals surface area contributed by atoms with E-state index in [9.17, 15) is 0 Å². The summed E-state index contributed by atoms with van der Waals surface area (Å²) in [4.78, 5) is 8.44. The summed E-state index contributed by atoms with van der Waals surface area (Å²) in [7, 11) is 0. The van der Waals surface area contributed by atoms with Crippen LogP contribution in [0.2, 0.25) is 0 Å². The van der Waals surface area contributed by atoms with Gasteiger partial charge in [0.15, 0.2) is 5.82 Å². The van der Waals surface area contributed by atoms with Crippen molar-refractivity contribution in [1.82, 2.24) is 19.7 Å². The first-order valence-electron chi connectivity index (χ1n) is 4.31. The van der Waals surface area contributed by atoms with Crippen LogP contribution in [0.25, 0.3) is 5.82 Å². The lowest BCUT2D eigenvalue weighted by Crippen LogP contribution is -2.16. The molecule has 5 nitrogen and oxygen atoms in total. The maximum Gasteiger partial charge on any atom is 0.182 e. The number of hydrogen-bond donors (Lipinski definition) is 1. The highest BCUT2D eigenvalue weighted by Gasteiger charge is 2.09. The molecule has 0 aliphatic rings. The van der Waals surface area contributed by atoms with Crippen molar-refractivity contribution in [2.24, 2.45) is 5.73 Å². The number of aryl methyl sites for hydroxylation is 1. The Morgan fingerprint density at radius 3 is 2.73 bits per heavy atom. The van der Waals surface area contributed by atoms with Crippen LogP contribution in [0.5, 0.6) is 0 Å². The predicted molar refractivity (Wildman–Crippen MR) is 59.8 cm³/mol. The molecule has 0 fully saturated rings. The third-order valence-electron chi connectivity index (χ3n) is 1.84. The third kappa shape index (κ3) is 1.84. The van der Waals surface area contributed by atoms with Gasteiger partial charge in [-0.05, 0) is 12.5 Å². The lowest BCUT2D eigenvalue weighted by Gasteiger charge is -2.04. The van der Waals surface area contributed by atoms with E-state index in [0.29, 0.717) is 11.5 Å². The third-order valence-corrected chi connectivity index (χ3v) is 2.03. The maximum atomic E-state index is 5.55. The summed E-state index contributed by atoms with van der Waals surface area (Å²) in [5.41, 5.74) is 7.07. The van der Waals surface area contributed by atoms with Gasteiger partial charge in [0.2, 0.25) is 0 Å². The summed E-state index contributed by atoms with van der Waals surface area (Å²) in [6.45, 7) is 1.94. The molecule has 0 amide bonds. The summed E-state index contributed by atoms with van der Waals surface area (Å²) in [5.74, 6) is 0.554. The van der Waals surface area contributed by atoms with Gasteiger partial charge in [0.25, 0.3) is 0 Å². The van der Waals surface area contributed by atoms with Gasteiger partial charge in [-0.1, -0.05) is 12.2 Å². The minimum atomic E-state index is 0.214. The largest absolute Gasteiger partial charge is 0.388 e. The van der Waals surface area contributed by atoms with E-state index in [-0.39, 0.29) is 4.99 Å². The number of hydrogen-bond acceptors (Lipinski definition) is 4. The Hall–Kier alpha value is -1.82. The molecule has 15 heavy (non-hydrogen) atoms. The molecule has 0 aliphatic heterocycles. The second kappa shape index (κ2) is 3.74. The zero-order chi connectivity index (χ0) is 10.8. The molecule has 76 valence electrons. The molecule has 2 aromatic rings. The van der Waals surface area contributed by atoms with Crippen molar-refractivity contribution in [3.63, 3.8) is 0 Å². The van der Waals surface area contributed by atoms with Gasteiger partial charge < -0.3 is 5.73 Å². The standard InChI is InChI=1S/C9H9N5S/c1-6-4-13-14(5-6)9-7(8(10)15)11-2-3-12-9/h2-5H,1H3,(H2,10,15). The summed E-state index contributed by atoms with van der Waals surface area (Å²) in [5, 5.41) is 4.13. The molecule has 0 saturated heterocycles.